The molecule has 6 heteroatoms. The van der Waals surface area contributed by atoms with Crippen molar-refractivity contribution in [3.05, 3.63) is 47.5 Å². The predicted molar refractivity (Wildman–Crippen MR) is 99.2 cm³/mol. The molecular weight excluding hydrogens is 322 g/mol. The minimum absolute atomic E-state index is 0. The van der Waals surface area contributed by atoms with Crippen LogP contribution in [0.15, 0.2) is 30.7 Å². The van der Waals surface area contributed by atoms with E-state index in [1.54, 1.807) is 0 Å². The molecule has 1 N–H and O–H groups in total. The van der Waals surface area contributed by atoms with E-state index in [0.717, 1.165) is 45.1 Å². The largest absolute Gasteiger partial charge is 0.316 e. The van der Waals surface area contributed by atoms with Crippen molar-refractivity contribution < 1.29 is 0 Å². The Morgan fingerprint density at radius 3 is 2.92 bits per heavy atom. The van der Waals surface area contributed by atoms with E-state index in [1.165, 1.54) is 23.2 Å². The standard InChI is InChI=1S/C18H27N5.ClH/c1-3-18-17(13-22(2)21-18)14-23(12-16-6-8-20-10-16)11-15-5-4-7-19-9-15;/h4-5,7,9,13,16,20H,3,6,8,10-12,14H2,1-2H3;1H. The van der Waals surface area contributed by atoms with Crippen LogP contribution in [0.2, 0.25) is 0 Å². The highest BCUT2D eigenvalue weighted by Gasteiger charge is 2.20. The summed E-state index contributed by atoms with van der Waals surface area (Å²) in [4.78, 5) is 6.81. The van der Waals surface area contributed by atoms with Crippen LogP contribution < -0.4 is 5.32 Å². The fourth-order valence-electron chi connectivity index (χ4n) is 3.42. The van der Waals surface area contributed by atoms with Crippen molar-refractivity contribution in [1.82, 2.24) is 25.0 Å². The smallest absolute Gasteiger partial charge is 0.0666 e. The summed E-state index contributed by atoms with van der Waals surface area (Å²) in [5.41, 5.74) is 3.85. The van der Waals surface area contributed by atoms with Crippen LogP contribution in [0.3, 0.4) is 0 Å². The minimum Gasteiger partial charge on any atom is -0.316 e. The molecule has 1 aliphatic rings. The molecular formula is C18H28ClN5. The molecule has 2 aromatic rings. The van der Waals surface area contributed by atoms with Gasteiger partial charge < -0.3 is 5.32 Å². The molecule has 3 heterocycles. The number of hydrogen-bond donors (Lipinski definition) is 1. The molecule has 1 atom stereocenters. The highest BCUT2D eigenvalue weighted by molar-refractivity contribution is 5.85. The number of aryl methyl sites for hydroxylation is 2. The van der Waals surface area contributed by atoms with E-state index in [0.29, 0.717) is 0 Å². The van der Waals surface area contributed by atoms with Crippen molar-refractivity contribution >= 4 is 12.4 Å². The van der Waals surface area contributed by atoms with Gasteiger partial charge in [0.25, 0.3) is 0 Å². The SMILES string of the molecule is CCc1nn(C)cc1CN(Cc1cccnc1)CC1CCNC1.Cl. The maximum Gasteiger partial charge on any atom is 0.0666 e. The van der Waals surface area contributed by atoms with E-state index < -0.39 is 0 Å². The minimum atomic E-state index is 0. The summed E-state index contributed by atoms with van der Waals surface area (Å²) in [6, 6.07) is 4.18. The second-order valence-corrected chi connectivity index (χ2v) is 6.52. The van der Waals surface area contributed by atoms with Gasteiger partial charge in [0.15, 0.2) is 0 Å². The molecule has 1 unspecified atom stereocenters. The Kier molecular flexibility index (Phi) is 7.21. The van der Waals surface area contributed by atoms with Crippen LogP contribution >= 0.6 is 12.4 Å². The van der Waals surface area contributed by atoms with Crippen molar-refractivity contribution in [2.75, 3.05) is 19.6 Å². The maximum atomic E-state index is 4.59. The average molecular weight is 350 g/mol. The first-order valence-electron chi connectivity index (χ1n) is 8.58. The summed E-state index contributed by atoms with van der Waals surface area (Å²) in [5.74, 6) is 0.744. The molecule has 0 saturated carbocycles. The van der Waals surface area contributed by atoms with Gasteiger partial charge in [-0.2, -0.15) is 5.10 Å². The van der Waals surface area contributed by atoms with Crippen molar-refractivity contribution in [1.29, 1.82) is 0 Å². The summed E-state index contributed by atoms with van der Waals surface area (Å²) < 4.78 is 1.94. The fourth-order valence-corrected chi connectivity index (χ4v) is 3.42. The average Bonchev–Trinajstić information content (AvgIpc) is 3.17. The molecule has 2 aromatic heterocycles. The molecule has 0 amide bonds. The molecule has 0 aliphatic carbocycles. The van der Waals surface area contributed by atoms with Gasteiger partial charge in [0.1, 0.15) is 0 Å². The molecule has 0 bridgehead atoms. The molecule has 24 heavy (non-hydrogen) atoms. The lowest BCUT2D eigenvalue weighted by atomic mass is 10.1. The number of pyridine rings is 1. The van der Waals surface area contributed by atoms with Gasteiger partial charge in [0.05, 0.1) is 5.69 Å². The third kappa shape index (κ3) is 5.03. The molecule has 3 rings (SSSR count). The van der Waals surface area contributed by atoms with Gasteiger partial charge in [0.2, 0.25) is 0 Å². The van der Waals surface area contributed by atoms with E-state index in [9.17, 15) is 0 Å². The van der Waals surface area contributed by atoms with Crippen LogP contribution in [0.5, 0.6) is 0 Å². The van der Waals surface area contributed by atoms with Crippen LogP contribution in [0, 0.1) is 5.92 Å². The van der Waals surface area contributed by atoms with Gasteiger partial charge >= 0.3 is 0 Å². The van der Waals surface area contributed by atoms with Crippen molar-refractivity contribution in [2.45, 2.75) is 32.9 Å². The summed E-state index contributed by atoms with van der Waals surface area (Å²) in [7, 11) is 2.01. The maximum absolute atomic E-state index is 4.59. The van der Waals surface area contributed by atoms with E-state index in [2.05, 4.69) is 39.5 Å². The topological polar surface area (TPSA) is 46.0 Å². The van der Waals surface area contributed by atoms with Crippen LogP contribution in [-0.2, 0) is 26.6 Å². The molecule has 0 radical (unpaired) electrons. The summed E-state index contributed by atoms with van der Waals surface area (Å²) >= 11 is 0. The Balaban J connectivity index is 0.00000208. The Hall–Kier alpha value is -1.43. The number of aromatic nitrogens is 3. The Bertz CT molecular complexity index is 607. The molecule has 0 spiro atoms. The van der Waals surface area contributed by atoms with Gasteiger partial charge in [0, 0.05) is 50.8 Å². The van der Waals surface area contributed by atoms with Crippen molar-refractivity contribution in [3.63, 3.8) is 0 Å². The first-order chi connectivity index (χ1) is 11.2. The Morgan fingerprint density at radius 1 is 1.38 bits per heavy atom. The number of rotatable bonds is 7. The summed E-state index contributed by atoms with van der Waals surface area (Å²) in [5, 5.41) is 8.06. The number of halogens is 1. The Morgan fingerprint density at radius 2 is 2.25 bits per heavy atom. The fraction of sp³-hybridized carbons (Fsp3) is 0.556. The molecule has 0 aromatic carbocycles. The van der Waals surface area contributed by atoms with Gasteiger partial charge in [-0.3, -0.25) is 14.6 Å². The highest BCUT2D eigenvalue weighted by Crippen LogP contribution is 2.17. The molecule has 1 aliphatic heterocycles. The quantitative estimate of drug-likeness (QED) is 0.833. The zero-order valence-corrected chi connectivity index (χ0v) is 15.4. The van der Waals surface area contributed by atoms with Crippen LogP contribution in [-0.4, -0.2) is 39.3 Å². The molecule has 5 nitrogen and oxygen atoms in total. The van der Waals surface area contributed by atoms with Gasteiger partial charge in [-0.25, -0.2) is 0 Å². The molecule has 1 saturated heterocycles. The lowest BCUT2D eigenvalue weighted by molar-refractivity contribution is 0.220. The van der Waals surface area contributed by atoms with Crippen LogP contribution in [0.4, 0.5) is 0 Å². The van der Waals surface area contributed by atoms with E-state index in [1.807, 2.05) is 30.2 Å². The monoisotopic (exact) mass is 349 g/mol. The number of nitrogens with one attached hydrogen (secondary N) is 1. The predicted octanol–water partition coefficient (Wildman–Crippen LogP) is 2.41. The number of hydrogen-bond acceptors (Lipinski definition) is 4. The van der Waals surface area contributed by atoms with Gasteiger partial charge in [-0.1, -0.05) is 13.0 Å². The zero-order valence-electron chi connectivity index (χ0n) is 14.6. The van der Waals surface area contributed by atoms with Crippen molar-refractivity contribution in [2.24, 2.45) is 13.0 Å². The van der Waals surface area contributed by atoms with E-state index in [4.69, 9.17) is 0 Å². The lowest BCUT2D eigenvalue weighted by Crippen LogP contribution is -2.30. The second kappa shape index (κ2) is 9.16. The van der Waals surface area contributed by atoms with E-state index >= 15 is 0 Å². The van der Waals surface area contributed by atoms with Gasteiger partial charge in [-0.05, 0) is 43.5 Å². The number of nitrogens with zero attached hydrogens (tertiary/aromatic N) is 4. The summed E-state index contributed by atoms with van der Waals surface area (Å²) in [6.07, 6.45) is 8.25. The molecule has 132 valence electrons. The first-order valence-corrected chi connectivity index (χ1v) is 8.58. The van der Waals surface area contributed by atoms with Crippen LogP contribution in [0.25, 0.3) is 0 Å². The first kappa shape index (κ1) is 18.9. The van der Waals surface area contributed by atoms with Crippen LogP contribution in [0.1, 0.15) is 30.2 Å². The summed E-state index contributed by atoms with van der Waals surface area (Å²) in [6.45, 7) is 7.50. The van der Waals surface area contributed by atoms with Gasteiger partial charge in [-0.15, -0.1) is 12.4 Å². The Labute approximate surface area is 150 Å². The molecule has 1 fully saturated rings. The third-order valence-electron chi connectivity index (χ3n) is 4.53. The highest BCUT2D eigenvalue weighted by atomic mass is 35.5. The third-order valence-corrected chi connectivity index (χ3v) is 4.53. The zero-order chi connectivity index (χ0) is 16.1. The van der Waals surface area contributed by atoms with Crippen molar-refractivity contribution in [3.8, 4) is 0 Å². The second-order valence-electron chi connectivity index (χ2n) is 6.52. The van der Waals surface area contributed by atoms with E-state index in [-0.39, 0.29) is 12.4 Å². The normalized spacial score (nSPS) is 17.2. The lowest BCUT2D eigenvalue weighted by Gasteiger charge is -2.25.